The summed E-state index contributed by atoms with van der Waals surface area (Å²) < 4.78 is 45.4. The lowest BCUT2D eigenvalue weighted by Crippen LogP contribution is -2.15. The van der Waals surface area contributed by atoms with Crippen molar-refractivity contribution in [2.75, 3.05) is 0 Å². The van der Waals surface area contributed by atoms with Crippen LogP contribution >= 0.6 is 0 Å². The highest BCUT2D eigenvalue weighted by Gasteiger charge is 2.38. The molecular formula is C16H9F3O2. The maximum absolute atomic E-state index is 13.5. The van der Waals surface area contributed by atoms with Gasteiger partial charge in [-0.1, -0.05) is 48.5 Å². The highest BCUT2D eigenvalue weighted by atomic mass is 19.4. The molecule has 106 valence electrons. The van der Waals surface area contributed by atoms with Crippen LogP contribution in [0.15, 0.2) is 63.8 Å². The Kier molecular flexibility index (Phi) is 3.05. The fourth-order valence-electron chi connectivity index (χ4n) is 2.31. The summed E-state index contributed by atoms with van der Waals surface area (Å²) in [6.45, 7) is 0. The molecule has 0 saturated carbocycles. The molecule has 0 fully saturated rings. The third-order valence-corrected chi connectivity index (χ3v) is 3.16. The molecular weight excluding hydrogens is 281 g/mol. The molecule has 21 heavy (non-hydrogen) atoms. The minimum absolute atomic E-state index is 0.0745. The zero-order chi connectivity index (χ0) is 15.0. The molecule has 0 saturated heterocycles. The highest BCUT2D eigenvalue weighted by Crippen LogP contribution is 2.39. The number of halogens is 3. The van der Waals surface area contributed by atoms with E-state index in [1.165, 1.54) is 36.4 Å². The van der Waals surface area contributed by atoms with Crippen LogP contribution in [-0.4, -0.2) is 0 Å². The highest BCUT2D eigenvalue weighted by molar-refractivity contribution is 5.87. The van der Waals surface area contributed by atoms with Gasteiger partial charge in [-0.3, -0.25) is 0 Å². The molecule has 0 aliphatic heterocycles. The molecule has 0 unspecified atom stereocenters. The van der Waals surface area contributed by atoms with Crippen molar-refractivity contribution in [3.63, 3.8) is 0 Å². The average molecular weight is 290 g/mol. The van der Waals surface area contributed by atoms with Crippen LogP contribution in [0.25, 0.3) is 22.1 Å². The zero-order valence-electron chi connectivity index (χ0n) is 10.6. The van der Waals surface area contributed by atoms with Crippen molar-refractivity contribution in [1.29, 1.82) is 0 Å². The van der Waals surface area contributed by atoms with E-state index in [0.717, 1.165) is 0 Å². The summed E-state index contributed by atoms with van der Waals surface area (Å²) in [6.07, 6.45) is -4.65. The van der Waals surface area contributed by atoms with Crippen molar-refractivity contribution >= 4 is 11.0 Å². The Morgan fingerprint density at radius 3 is 2.14 bits per heavy atom. The average Bonchev–Trinajstić information content (AvgIpc) is 2.45. The van der Waals surface area contributed by atoms with Gasteiger partial charge in [0.2, 0.25) is 0 Å². The van der Waals surface area contributed by atoms with Crippen LogP contribution in [0.3, 0.4) is 0 Å². The summed E-state index contributed by atoms with van der Waals surface area (Å²) in [5, 5.41) is -0.122. The first kappa shape index (κ1) is 13.4. The number of hydrogen-bond acceptors (Lipinski definition) is 2. The van der Waals surface area contributed by atoms with Crippen LogP contribution in [-0.2, 0) is 6.18 Å². The molecule has 1 aromatic heterocycles. The van der Waals surface area contributed by atoms with Gasteiger partial charge in [0.05, 0.1) is 11.1 Å². The lowest BCUT2D eigenvalue weighted by Gasteiger charge is -2.14. The number of para-hydroxylation sites is 1. The number of hydrogen-bond donors (Lipinski definition) is 0. The quantitative estimate of drug-likeness (QED) is 0.619. The van der Waals surface area contributed by atoms with E-state index in [2.05, 4.69) is 0 Å². The van der Waals surface area contributed by atoms with E-state index >= 15 is 0 Å². The second kappa shape index (κ2) is 4.77. The van der Waals surface area contributed by atoms with Crippen molar-refractivity contribution < 1.29 is 17.6 Å². The summed E-state index contributed by atoms with van der Waals surface area (Å²) in [4.78, 5) is 12.0. The molecule has 1 heterocycles. The van der Waals surface area contributed by atoms with Gasteiger partial charge in [-0.15, -0.1) is 0 Å². The van der Waals surface area contributed by atoms with Gasteiger partial charge in [-0.25, -0.2) is 4.79 Å². The van der Waals surface area contributed by atoms with Gasteiger partial charge < -0.3 is 4.42 Å². The summed E-state index contributed by atoms with van der Waals surface area (Å²) in [7, 11) is 0. The van der Waals surface area contributed by atoms with Crippen molar-refractivity contribution in [2.45, 2.75) is 6.18 Å². The number of benzene rings is 2. The summed E-state index contributed by atoms with van der Waals surface area (Å²) in [6, 6.07) is 13.4. The minimum atomic E-state index is -4.65. The van der Waals surface area contributed by atoms with Crippen molar-refractivity contribution in [3.05, 3.63) is 70.6 Å². The molecule has 2 aromatic carbocycles. The molecule has 0 spiro atoms. The van der Waals surface area contributed by atoms with Gasteiger partial charge in [0.15, 0.2) is 0 Å². The van der Waals surface area contributed by atoms with E-state index in [1.54, 1.807) is 18.2 Å². The molecule has 0 aliphatic carbocycles. The lowest BCUT2D eigenvalue weighted by atomic mass is 9.98. The van der Waals surface area contributed by atoms with Crippen LogP contribution in [0.4, 0.5) is 13.2 Å². The van der Waals surface area contributed by atoms with E-state index in [1.807, 2.05) is 0 Å². The van der Waals surface area contributed by atoms with E-state index in [0.29, 0.717) is 0 Å². The van der Waals surface area contributed by atoms with Gasteiger partial charge >= 0.3 is 11.8 Å². The Balaban J connectivity index is 2.50. The molecule has 3 aromatic rings. The SMILES string of the molecule is O=c1oc2ccccc2c(C(F)(F)F)c1-c1ccccc1. The molecule has 2 nitrogen and oxygen atoms in total. The molecule has 0 N–H and O–H groups in total. The Bertz CT molecular complexity index is 849. The van der Waals surface area contributed by atoms with Crippen molar-refractivity contribution in [2.24, 2.45) is 0 Å². The van der Waals surface area contributed by atoms with Crippen LogP contribution in [0.1, 0.15) is 5.56 Å². The largest absolute Gasteiger partial charge is 0.422 e. The molecule has 3 rings (SSSR count). The standard InChI is InChI=1S/C16H9F3O2/c17-16(18,19)14-11-8-4-5-9-12(11)21-15(20)13(14)10-6-2-1-3-7-10/h1-9H. The number of rotatable bonds is 1. The second-order valence-electron chi connectivity index (χ2n) is 4.50. The van der Waals surface area contributed by atoms with Crippen molar-refractivity contribution in [1.82, 2.24) is 0 Å². The smallest absolute Gasteiger partial charge is 0.417 e. The van der Waals surface area contributed by atoms with E-state index in [4.69, 9.17) is 4.42 Å². The molecule has 0 amide bonds. The van der Waals surface area contributed by atoms with E-state index in [-0.39, 0.29) is 16.5 Å². The fraction of sp³-hybridized carbons (Fsp3) is 0.0625. The molecule has 0 bridgehead atoms. The first-order valence-corrected chi connectivity index (χ1v) is 6.17. The van der Waals surface area contributed by atoms with Gasteiger partial charge in [0.25, 0.3) is 0 Å². The van der Waals surface area contributed by atoms with Gasteiger partial charge in [-0.2, -0.15) is 13.2 Å². The maximum atomic E-state index is 13.5. The lowest BCUT2D eigenvalue weighted by molar-refractivity contribution is -0.136. The Morgan fingerprint density at radius 1 is 0.857 bits per heavy atom. The summed E-state index contributed by atoms with van der Waals surface area (Å²) in [5.74, 6) is 0. The third-order valence-electron chi connectivity index (χ3n) is 3.16. The normalized spacial score (nSPS) is 11.8. The summed E-state index contributed by atoms with van der Waals surface area (Å²) >= 11 is 0. The Hall–Kier alpha value is -2.56. The van der Waals surface area contributed by atoms with Crippen LogP contribution in [0.2, 0.25) is 0 Å². The number of alkyl halides is 3. The Labute approximate surface area is 117 Å². The third kappa shape index (κ3) is 2.31. The molecule has 0 atom stereocenters. The van der Waals surface area contributed by atoms with Crippen LogP contribution in [0.5, 0.6) is 0 Å². The van der Waals surface area contributed by atoms with Crippen LogP contribution in [0, 0.1) is 0 Å². The van der Waals surface area contributed by atoms with E-state index < -0.39 is 22.9 Å². The second-order valence-corrected chi connectivity index (χ2v) is 4.50. The maximum Gasteiger partial charge on any atom is 0.417 e. The molecule has 0 aliphatic rings. The fourth-order valence-corrected chi connectivity index (χ4v) is 2.31. The first-order valence-electron chi connectivity index (χ1n) is 6.17. The number of fused-ring (bicyclic) bond motifs is 1. The van der Waals surface area contributed by atoms with Crippen molar-refractivity contribution in [3.8, 4) is 11.1 Å². The molecule has 5 heteroatoms. The summed E-state index contributed by atoms with van der Waals surface area (Å²) in [5.41, 5.74) is -2.30. The predicted octanol–water partition coefficient (Wildman–Crippen LogP) is 4.48. The predicted molar refractivity (Wildman–Crippen MR) is 72.9 cm³/mol. The van der Waals surface area contributed by atoms with Crippen LogP contribution < -0.4 is 5.63 Å². The Morgan fingerprint density at radius 2 is 1.48 bits per heavy atom. The minimum Gasteiger partial charge on any atom is -0.422 e. The van der Waals surface area contributed by atoms with Gasteiger partial charge in [-0.05, 0) is 11.6 Å². The van der Waals surface area contributed by atoms with E-state index in [9.17, 15) is 18.0 Å². The van der Waals surface area contributed by atoms with Gasteiger partial charge in [0, 0.05) is 5.39 Å². The van der Waals surface area contributed by atoms with Gasteiger partial charge in [0.1, 0.15) is 5.58 Å². The molecule has 0 radical (unpaired) electrons. The topological polar surface area (TPSA) is 30.2 Å². The first-order chi connectivity index (χ1) is 9.98. The zero-order valence-corrected chi connectivity index (χ0v) is 10.6. The monoisotopic (exact) mass is 290 g/mol.